The number of methoxy groups -OCH3 is 1. The Kier molecular flexibility index (Phi) is 7.48. The van der Waals surface area contributed by atoms with Crippen LogP contribution in [0.4, 0.5) is 10.8 Å². The van der Waals surface area contributed by atoms with Gasteiger partial charge in [-0.25, -0.2) is 18.4 Å². The lowest BCUT2D eigenvalue weighted by atomic mass is 9.93. The molecule has 1 unspecified atom stereocenters. The number of benzene rings is 1. The molecule has 4 rings (SSSR count). The van der Waals surface area contributed by atoms with E-state index in [0.717, 1.165) is 41.8 Å². The summed E-state index contributed by atoms with van der Waals surface area (Å²) in [4.78, 5) is 9.69. The zero-order chi connectivity index (χ0) is 25.2. The molecule has 1 atom stereocenters. The van der Waals surface area contributed by atoms with Crippen molar-refractivity contribution in [3.63, 3.8) is 0 Å². The molecule has 2 aromatic heterocycles. The van der Waals surface area contributed by atoms with Crippen LogP contribution >= 0.6 is 11.3 Å². The fraction of sp³-hybridized carbons (Fsp3) is 0.417. The van der Waals surface area contributed by atoms with E-state index < -0.39 is 10.0 Å². The SMILES string of the molecule is COc1ncc(-c2sc(NC(C)C3CCOCC3)nc2C)cc1S(=O)(=O)Nc1ccc(O)cc1C. The van der Waals surface area contributed by atoms with Gasteiger partial charge < -0.3 is 19.9 Å². The third kappa shape index (κ3) is 5.68. The highest BCUT2D eigenvalue weighted by Gasteiger charge is 2.25. The summed E-state index contributed by atoms with van der Waals surface area (Å²) in [6.07, 6.45) is 3.63. The zero-order valence-corrected chi connectivity index (χ0v) is 21.8. The number of aromatic nitrogens is 2. The lowest BCUT2D eigenvalue weighted by Crippen LogP contribution is -2.30. The van der Waals surface area contributed by atoms with Crippen molar-refractivity contribution in [3.8, 4) is 22.1 Å². The second-order valence-corrected chi connectivity index (χ2v) is 11.3. The molecule has 188 valence electrons. The number of sulfonamides is 1. The van der Waals surface area contributed by atoms with Crippen LogP contribution in [-0.2, 0) is 14.8 Å². The van der Waals surface area contributed by atoms with Crippen LogP contribution in [-0.4, -0.2) is 49.9 Å². The van der Waals surface area contributed by atoms with Crippen molar-refractivity contribution in [2.75, 3.05) is 30.4 Å². The first-order valence-electron chi connectivity index (χ1n) is 11.4. The number of phenolic OH excluding ortho intramolecular Hbond substituents is 1. The number of thiazole rings is 1. The van der Waals surface area contributed by atoms with Gasteiger partial charge in [0, 0.05) is 31.0 Å². The van der Waals surface area contributed by atoms with Gasteiger partial charge in [0.1, 0.15) is 10.6 Å². The summed E-state index contributed by atoms with van der Waals surface area (Å²) in [5.41, 5.74) is 2.37. The van der Waals surface area contributed by atoms with E-state index in [9.17, 15) is 13.5 Å². The maximum Gasteiger partial charge on any atom is 0.267 e. The average Bonchev–Trinajstić information content (AvgIpc) is 3.20. The summed E-state index contributed by atoms with van der Waals surface area (Å²) >= 11 is 1.47. The number of pyridine rings is 1. The number of anilines is 2. The molecule has 0 saturated carbocycles. The van der Waals surface area contributed by atoms with E-state index in [1.165, 1.54) is 36.6 Å². The van der Waals surface area contributed by atoms with Crippen molar-refractivity contribution in [1.82, 2.24) is 9.97 Å². The van der Waals surface area contributed by atoms with Gasteiger partial charge in [0.25, 0.3) is 10.0 Å². The molecule has 1 aromatic carbocycles. The highest BCUT2D eigenvalue weighted by Crippen LogP contribution is 2.37. The van der Waals surface area contributed by atoms with E-state index in [2.05, 4.69) is 26.9 Å². The van der Waals surface area contributed by atoms with Gasteiger partial charge in [-0.05, 0) is 69.4 Å². The van der Waals surface area contributed by atoms with Gasteiger partial charge in [-0.3, -0.25) is 4.72 Å². The molecule has 1 aliphatic heterocycles. The largest absolute Gasteiger partial charge is 0.508 e. The zero-order valence-electron chi connectivity index (χ0n) is 20.2. The summed E-state index contributed by atoms with van der Waals surface area (Å²) in [6.45, 7) is 7.33. The van der Waals surface area contributed by atoms with Gasteiger partial charge in [0.05, 0.1) is 23.4 Å². The minimum Gasteiger partial charge on any atom is -0.508 e. The van der Waals surface area contributed by atoms with Gasteiger partial charge in [0.15, 0.2) is 5.13 Å². The fourth-order valence-electron chi connectivity index (χ4n) is 4.12. The van der Waals surface area contributed by atoms with E-state index in [4.69, 9.17) is 9.47 Å². The number of hydrogen-bond donors (Lipinski definition) is 3. The Labute approximate surface area is 209 Å². The topological polar surface area (TPSA) is 123 Å². The molecule has 1 saturated heterocycles. The molecule has 3 aromatic rings. The summed E-state index contributed by atoms with van der Waals surface area (Å²) in [6, 6.07) is 6.22. The molecule has 0 radical (unpaired) electrons. The van der Waals surface area contributed by atoms with Crippen LogP contribution in [0.1, 0.15) is 31.0 Å². The second-order valence-electron chi connectivity index (χ2n) is 8.65. The Balaban J connectivity index is 1.62. The number of phenols is 1. The van der Waals surface area contributed by atoms with Crippen LogP contribution < -0.4 is 14.8 Å². The highest BCUT2D eigenvalue weighted by atomic mass is 32.2. The minimum atomic E-state index is -4.02. The van der Waals surface area contributed by atoms with Crippen molar-refractivity contribution in [2.24, 2.45) is 5.92 Å². The molecule has 1 fully saturated rings. The molecule has 0 amide bonds. The van der Waals surface area contributed by atoms with Crippen molar-refractivity contribution in [3.05, 3.63) is 41.7 Å². The molecule has 9 nitrogen and oxygen atoms in total. The molecule has 3 N–H and O–H groups in total. The highest BCUT2D eigenvalue weighted by molar-refractivity contribution is 7.92. The number of nitrogens with one attached hydrogen (secondary N) is 2. The summed E-state index contributed by atoms with van der Waals surface area (Å²) in [5, 5.41) is 13.9. The van der Waals surface area contributed by atoms with Crippen LogP contribution in [0, 0.1) is 19.8 Å². The van der Waals surface area contributed by atoms with Crippen LogP contribution in [0.25, 0.3) is 10.4 Å². The third-order valence-corrected chi connectivity index (χ3v) is 8.64. The molecule has 0 bridgehead atoms. The van der Waals surface area contributed by atoms with Gasteiger partial charge in [-0.2, -0.15) is 0 Å². The Morgan fingerprint density at radius 3 is 2.66 bits per heavy atom. The Bertz CT molecular complexity index is 1300. The first-order chi connectivity index (χ1) is 16.7. The maximum atomic E-state index is 13.3. The van der Waals surface area contributed by atoms with Gasteiger partial charge in [0.2, 0.25) is 5.88 Å². The standard InChI is InChI=1S/C24H30N4O5S2/c1-14-11-19(29)5-6-20(14)28-35(30,31)21-12-18(13-25-23(21)32-4)22-16(3)27-24(34-22)26-15(2)17-7-9-33-10-8-17/h5-6,11-13,15,17,28-29H,7-10H2,1-4H3,(H,26,27). The number of aryl methyl sites for hydroxylation is 2. The normalized spacial score (nSPS) is 15.5. The van der Waals surface area contributed by atoms with E-state index in [0.29, 0.717) is 22.7 Å². The average molecular weight is 519 g/mol. The Morgan fingerprint density at radius 2 is 1.97 bits per heavy atom. The van der Waals surface area contributed by atoms with Crippen LogP contribution in [0.5, 0.6) is 11.6 Å². The molecule has 3 heterocycles. The van der Waals surface area contributed by atoms with E-state index >= 15 is 0 Å². The van der Waals surface area contributed by atoms with Gasteiger partial charge >= 0.3 is 0 Å². The van der Waals surface area contributed by atoms with Crippen molar-refractivity contribution in [1.29, 1.82) is 0 Å². The summed E-state index contributed by atoms with van der Waals surface area (Å²) < 4.78 is 39.9. The molecular formula is C24H30N4O5S2. The molecule has 0 spiro atoms. The second kappa shape index (κ2) is 10.4. The fourth-order valence-corrected chi connectivity index (χ4v) is 6.44. The minimum absolute atomic E-state index is 0.00802. The lowest BCUT2D eigenvalue weighted by Gasteiger charge is -2.28. The maximum absolute atomic E-state index is 13.3. The van der Waals surface area contributed by atoms with Crippen LogP contribution in [0.3, 0.4) is 0 Å². The number of hydrogen-bond acceptors (Lipinski definition) is 9. The van der Waals surface area contributed by atoms with Crippen molar-refractivity contribution in [2.45, 2.75) is 44.6 Å². The Hall–Kier alpha value is -2.89. The van der Waals surface area contributed by atoms with Crippen LogP contribution in [0.15, 0.2) is 35.4 Å². The molecule has 0 aliphatic carbocycles. The van der Waals surface area contributed by atoms with E-state index in [-0.39, 0.29) is 22.6 Å². The van der Waals surface area contributed by atoms with Crippen LogP contribution in [0.2, 0.25) is 0 Å². The quantitative estimate of drug-likeness (QED) is 0.371. The summed E-state index contributed by atoms with van der Waals surface area (Å²) in [7, 11) is -2.64. The third-order valence-electron chi connectivity index (χ3n) is 6.14. The lowest BCUT2D eigenvalue weighted by molar-refractivity contribution is 0.0622. The summed E-state index contributed by atoms with van der Waals surface area (Å²) in [5.74, 6) is 0.569. The number of rotatable bonds is 8. The van der Waals surface area contributed by atoms with Gasteiger partial charge in [-0.15, -0.1) is 0 Å². The molecule has 11 heteroatoms. The monoisotopic (exact) mass is 518 g/mol. The number of nitrogens with zero attached hydrogens (tertiary/aromatic N) is 2. The first-order valence-corrected chi connectivity index (χ1v) is 13.7. The first kappa shape index (κ1) is 25.2. The van der Waals surface area contributed by atoms with E-state index in [1.54, 1.807) is 19.2 Å². The smallest absolute Gasteiger partial charge is 0.267 e. The number of ether oxygens (including phenoxy) is 2. The predicted molar refractivity (Wildman–Crippen MR) is 137 cm³/mol. The van der Waals surface area contributed by atoms with Gasteiger partial charge in [-0.1, -0.05) is 11.3 Å². The number of aromatic hydroxyl groups is 1. The van der Waals surface area contributed by atoms with E-state index in [1.807, 2.05) is 6.92 Å². The molecular weight excluding hydrogens is 488 g/mol. The molecule has 35 heavy (non-hydrogen) atoms. The van der Waals surface area contributed by atoms with Crippen molar-refractivity contribution >= 4 is 32.2 Å². The predicted octanol–water partition coefficient (Wildman–Crippen LogP) is 4.56. The Morgan fingerprint density at radius 1 is 1.23 bits per heavy atom. The van der Waals surface area contributed by atoms with Crippen molar-refractivity contribution < 1.29 is 23.0 Å². The molecule has 1 aliphatic rings.